The number of hydrogen-bond donors (Lipinski definition) is 1. The van der Waals surface area contributed by atoms with Gasteiger partial charge >= 0.3 is 0 Å². The molecule has 6 nitrogen and oxygen atoms in total. The van der Waals surface area contributed by atoms with E-state index in [2.05, 4.69) is 46.4 Å². The van der Waals surface area contributed by atoms with Gasteiger partial charge in [0, 0.05) is 36.5 Å². The molecule has 0 unspecified atom stereocenters. The minimum absolute atomic E-state index is 0.123. The third kappa shape index (κ3) is 4.01. The summed E-state index contributed by atoms with van der Waals surface area (Å²) < 4.78 is 5.53. The van der Waals surface area contributed by atoms with Crippen molar-refractivity contribution in [2.75, 3.05) is 41.4 Å². The maximum absolute atomic E-state index is 13.9. The lowest BCUT2D eigenvalue weighted by Gasteiger charge is -2.32. The molecule has 31 heavy (non-hydrogen) atoms. The summed E-state index contributed by atoms with van der Waals surface area (Å²) in [6, 6.07) is 10.4. The molecule has 164 valence electrons. The SMILES string of the molecule is CCC[C@H]1CCC[C@@H]1C(=O)N1Cc2cccnc2Nc2ccc(N3CCOCC3)cc21. The lowest BCUT2D eigenvalue weighted by molar-refractivity contribution is -0.123. The first-order chi connectivity index (χ1) is 15.2. The second-order valence-corrected chi connectivity index (χ2v) is 8.95. The molecule has 1 aromatic carbocycles. The summed E-state index contributed by atoms with van der Waals surface area (Å²) in [6.07, 6.45) is 7.42. The van der Waals surface area contributed by atoms with Crippen LogP contribution in [-0.2, 0) is 16.1 Å². The van der Waals surface area contributed by atoms with E-state index in [1.54, 1.807) is 6.20 Å². The van der Waals surface area contributed by atoms with Crippen molar-refractivity contribution in [3.8, 4) is 0 Å². The highest BCUT2D eigenvalue weighted by atomic mass is 16.5. The quantitative estimate of drug-likeness (QED) is 0.775. The van der Waals surface area contributed by atoms with E-state index in [1.807, 2.05) is 11.0 Å². The molecule has 6 heteroatoms. The molecule has 0 radical (unpaired) electrons. The molecule has 2 aromatic rings. The van der Waals surface area contributed by atoms with Crippen LogP contribution in [0.1, 0.15) is 44.6 Å². The van der Waals surface area contributed by atoms with E-state index < -0.39 is 0 Å². The number of ether oxygens (including phenoxy) is 1. The van der Waals surface area contributed by atoms with Gasteiger partial charge in [-0.15, -0.1) is 0 Å². The molecular weight excluding hydrogens is 388 g/mol. The van der Waals surface area contributed by atoms with Crippen molar-refractivity contribution < 1.29 is 9.53 Å². The summed E-state index contributed by atoms with van der Waals surface area (Å²) in [5, 5.41) is 3.50. The van der Waals surface area contributed by atoms with Gasteiger partial charge in [0.05, 0.1) is 31.1 Å². The molecule has 1 aliphatic carbocycles. The van der Waals surface area contributed by atoms with Crippen LogP contribution in [0.15, 0.2) is 36.5 Å². The molecule has 2 fully saturated rings. The maximum atomic E-state index is 13.9. The molecule has 1 N–H and O–H groups in total. The Balaban J connectivity index is 1.53. The monoisotopic (exact) mass is 420 g/mol. The summed E-state index contributed by atoms with van der Waals surface area (Å²) in [7, 11) is 0. The fraction of sp³-hybridized carbons (Fsp3) is 0.520. The zero-order valence-corrected chi connectivity index (χ0v) is 18.3. The van der Waals surface area contributed by atoms with Crippen LogP contribution in [0, 0.1) is 11.8 Å². The fourth-order valence-electron chi connectivity index (χ4n) is 5.40. The zero-order valence-electron chi connectivity index (χ0n) is 18.3. The summed E-state index contributed by atoms with van der Waals surface area (Å²) in [4.78, 5) is 22.9. The molecule has 3 heterocycles. The number of fused-ring (bicyclic) bond motifs is 2. The van der Waals surface area contributed by atoms with E-state index in [0.29, 0.717) is 12.5 Å². The Labute approximate surface area is 184 Å². The highest BCUT2D eigenvalue weighted by molar-refractivity contribution is 6.00. The third-order valence-corrected chi connectivity index (χ3v) is 7.02. The van der Waals surface area contributed by atoms with E-state index in [4.69, 9.17) is 4.74 Å². The predicted molar refractivity (Wildman–Crippen MR) is 124 cm³/mol. The van der Waals surface area contributed by atoms with Crippen molar-refractivity contribution in [3.63, 3.8) is 0 Å². The number of benzene rings is 1. The van der Waals surface area contributed by atoms with Crippen molar-refractivity contribution in [3.05, 3.63) is 42.1 Å². The topological polar surface area (TPSA) is 57.7 Å². The minimum atomic E-state index is 0.123. The lowest BCUT2D eigenvalue weighted by Crippen LogP contribution is -2.38. The average Bonchev–Trinajstić information content (AvgIpc) is 3.20. The van der Waals surface area contributed by atoms with Crippen molar-refractivity contribution >= 4 is 28.8 Å². The molecular formula is C25H32N4O2. The molecule has 2 aliphatic heterocycles. The Morgan fingerprint density at radius 2 is 2.10 bits per heavy atom. The standard InChI is InChI=1S/C25H32N4O2/c1-2-5-18-6-3-8-21(18)25(30)29-17-19-7-4-11-26-24(19)27-22-10-9-20(16-23(22)29)28-12-14-31-15-13-28/h4,7,9-11,16,18,21H,2-3,5-6,8,12-15,17H2,1H3,(H,26,27)/t18-,21-/m0/s1. The first-order valence-electron chi connectivity index (χ1n) is 11.7. The molecule has 5 rings (SSSR count). The van der Waals surface area contributed by atoms with Crippen molar-refractivity contribution in [2.45, 2.75) is 45.6 Å². The Morgan fingerprint density at radius 1 is 1.23 bits per heavy atom. The number of anilines is 4. The molecule has 1 amide bonds. The normalized spacial score (nSPS) is 23.0. The lowest BCUT2D eigenvalue weighted by atomic mass is 9.90. The molecule has 1 aromatic heterocycles. The maximum Gasteiger partial charge on any atom is 0.230 e. The van der Waals surface area contributed by atoms with Gasteiger partial charge in [0.2, 0.25) is 5.91 Å². The van der Waals surface area contributed by atoms with Crippen molar-refractivity contribution in [2.24, 2.45) is 11.8 Å². The number of carbonyl (C=O) groups is 1. The zero-order chi connectivity index (χ0) is 21.2. The number of aromatic nitrogens is 1. The van der Waals surface area contributed by atoms with E-state index >= 15 is 0 Å². The number of amides is 1. The highest BCUT2D eigenvalue weighted by Gasteiger charge is 2.37. The number of nitrogens with one attached hydrogen (secondary N) is 1. The number of nitrogens with zero attached hydrogens (tertiary/aromatic N) is 3. The van der Waals surface area contributed by atoms with E-state index in [-0.39, 0.29) is 11.8 Å². The van der Waals surface area contributed by atoms with Crippen LogP contribution in [0.2, 0.25) is 0 Å². The van der Waals surface area contributed by atoms with Crippen LogP contribution in [0.5, 0.6) is 0 Å². The van der Waals surface area contributed by atoms with Gasteiger partial charge in [0.1, 0.15) is 5.82 Å². The first-order valence-corrected chi connectivity index (χ1v) is 11.7. The van der Waals surface area contributed by atoms with Gasteiger partial charge in [0.25, 0.3) is 0 Å². The molecule has 0 bridgehead atoms. The van der Waals surface area contributed by atoms with Crippen LogP contribution in [0.3, 0.4) is 0 Å². The van der Waals surface area contributed by atoms with Crippen molar-refractivity contribution in [1.29, 1.82) is 0 Å². The summed E-state index contributed by atoms with van der Waals surface area (Å²) in [5.74, 6) is 1.75. The van der Waals surface area contributed by atoms with Gasteiger partial charge in [-0.2, -0.15) is 0 Å². The van der Waals surface area contributed by atoms with Crippen LogP contribution >= 0.6 is 0 Å². The van der Waals surface area contributed by atoms with E-state index in [1.165, 1.54) is 6.42 Å². The molecule has 1 saturated carbocycles. The van der Waals surface area contributed by atoms with Crippen LogP contribution in [-0.4, -0.2) is 37.2 Å². The number of pyridine rings is 1. The molecule has 2 atom stereocenters. The fourth-order valence-corrected chi connectivity index (χ4v) is 5.40. The predicted octanol–water partition coefficient (Wildman–Crippen LogP) is 4.72. The summed E-state index contributed by atoms with van der Waals surface area (Å²) in [5.41, 5.74) is 4.13. The average molecular weight is 421 g/mol. The minimum Gasteiger partial charge on any atom is -0.378 e. The Morgan fingerprint density at radius 3 is 2.94 bits per heavy atom. The highest BCUT2D eigenvalue weighted by Crippen LogP contribution is 2.42. The number of rotatable bonds is 4. The third-order valence-electron chi connectivity index (χ3n) is 7.02. The van der Waals surface area contributed by atoms with E-state index in [0.717, 1.165) is 80.4 Å². The Hall–Kier alpha value is -2.60. The summed E-state index contributed by atoms with van der Waals surface area (Å²) in [6.45, 7) is 6.03. The van der Waals surface area contributed by atoms with Gasteiger partial charge < -0.3 is 19.9 Å². The second-order valence-electron chi connectivity index (χ2n) is 8.95. The first kappa shape index (κ1) is 20.3. The Bertz CT molecular complexity index is 941. The number of carbonyl (C=O) groups excluding carboxylic acids is 1. The second kappa shape index (κ2) is 8.87. The van der Waals surface area contributed by atoms with Gasteiger partial charge in [-0.3, -0.25) is 4.79 Å². The van der Waals surface area contributed by atoms with E-state index in [9.17, 15) is 4.79 Å². The van der Waals surface area contributed by atoms with Crippen LogP contribution in [0.4, 0.5) is 22.9 Å². The van der Waals surface area contributed by atoms with Crippen LogP contribution < -0.4 is 15.1 Å². The number of morpholine rings is 1. The van der Waals surface area contributed by atoms with Gasteiger partial charge in [0.15, 0.2) is 0 Å². The summed E-state index contributed by atoms with van der Waals surface area (Å²) >= 11 is 0. The molecule has 0 spiro atoms. The van der Waals surface area contributed by atoms with Crippen LogP contribution in [0.25, 0.3) is 0 Å². The number of hydrogen-bond acceptors (Lipinski definition) is 5. The largest absolute Gasteiger partial charge is 0.378 e. The Kier molecular flexibility index (Phi) is 5.81. The smallest absolute Gasteiger partial charge is 0.230 e. The van der Waals surface area contributed by atoms with Gasteiger partial charge in [-0.05, 0) is 49.4 Å². The molecule has 3 aliphatic rings. The van der Waals surface area contributed by atoms with Gasteiger partial charge in [-0.25, -0.2) is 4.98 Å². The van der Waals surface area contributed by atoms with Gasteiger partial charge in [-0.1, -0.05) is 25.8 Å². The van der Waals surface area contributed by atoms with Crippen molar-refractivity contribution in [1.82, 2.24) is 4.98 Å². The molecule has 1 saturated heterocycles.